The number of hydrogen-bond acceptors (Lipinski definition) is 3. The van der Waals surface area contributed by atoms with Gasteiger partial charge in [0, 0.05) is 17.1 Å². The van der Waals surface area contributed by atoms with Crippen LogP contribution in [0.1, 0.15) is 13.8 Å². The number of aliphatic hydroxyl groups excluding tert-OH is 1. The van der Waals surface area contributed by atoms with E-state index in [2.05, 4.69) is 26.6 Å². The maximum Gasteiger partial charge on any atom is 0.238 e. The standard InChI is InChI=1S/C13H19BrN2O2/c1-9(8-17)10(2)15-7-13(18)16-12-6-4-3-5-11(12)14/h3-6,9-10,15,17H,7-8H2,1-2H3,(H,16,18). The number of para-hydroxylation sites is 1. The molecule has 0 radical (unpaired) electrons. The zero-order valence-electron chi connectivity index (χ0n) is 10.6. The summed E-state index contributed by atoms with van der Waals surface area (Å²) in [4.78, 5) is 11.7. The third kappa shape index (κ3) is 4.76. The summed E-state index contributed by atoms with van der Waals surface area (Å²) in [6.07, 6.45) is 0. The number of anilines is 1. The Hall–Kier alpha value is -0.910. The average Bonchev–Trinajstić information content (AvgIpc) is 2.37. The van der Waals surface area contributed by atoms with Crippen LogP contribution in [-0.4, -0.2) is 30.2 Å². The van der Waals surface area contributed by atoms with Crippen molar-refractivity contribution in [1.29, 1.82) is 0 Å². The second-order valence-electron chi connectivity index (χ2n) is 4.36. The highest BCUT2D eigenvalue weighted by Gasteiger charge is 2.12. The van der Waals surface area contributed by atoms with Gasteiger partial charge in [-0.15, -0.1) is 0 Å². The van der Waals surface area contributed by atoms with Crippen LogP contribution in [0.15, 0.2) is 28.7 Å². The predicted octanol–water partition coefficient (Wildman–Crippen LogP) is 1.99. The van der Waals surface area contributed by atoms with E-state index in [0.29, 0.717) is 0 Å². The topological polar surface area (TPSA) is 61.4 Å². The molecule has 3 N–H and O–H groups in total. The van der Waals surface area contributed by atoms with Gasteiger partial charge in [0.25, 0.3) is 0 Å². The number of nitrogens with one attached hydrogen (secondary N) is 2. The van der Waals surface area contributed by atoms with Crippen molar-refractivity contribution in [2.75, 3.05) is 18.5 Å². The third-order valence-corrected chi connectivity index (χ3v) is 3.57. The summed E-state index contributed by atoms with van der Waals surface area (Å²) in [5.41, 5.74) is 0.757. The first-order valence-corrected chi connectivity index (χ1v) is 6.72. The Kier molecular flexibility index (Phi) is 6.32. The number of carbonyl (C=O) groups excluding carboxylic acids is 1. The molecule has 1 aromatic rings. The molecule has 0 spiro atoms. The molecule has 2 unspecified atom stereocenters. The molecule has 1 aromatic carbocycles. The number of rotatable bonds is 6. The lowest BCUT2D eigenvalue weighted by Crippen LogP contribution is -2.39. The van der Waals surface area contributed by atoms with Crippen molar-refractivity contribution in [3.63, 3.8) is 0 Å². The van der Waals surface area contributed by atoms with E-state index in [1.807, 2.05) is 38.1 Å². The van der Waals surface area contributed by atoms with Crippen molar-refractivity contribution in [2.45, 2.75) is 19.9 Å². The lowest BCUT2D eigenvalue weighted by atomic mass is 10.1. The van der Waals surface area contributed by atoms with E-state index in [4.69, 9.17) is 5.11 Å². The molecule has 0 bridgehead atoms. The molecular weight excluding hydrogens is 296 g/mol. The highest BCUT2D eigenvalue weighted by Crippen LogP contribution is 2.20. The first kappa shape index (κ1) is 15.1. The van der Waals surface area contributed by atoms with E-state index in [0.717, 1.165) is 10.2 Å². The largest absolute Gasteiger partial charge is 0.396 e. The van der Waals surface area contributed by atoms with E-state index in [-0.39, 0.29) is 31.0 Å². The van der Waals surface area contributed by atoms with Gasteiger partial charge in [-0.1, -0.05) is 19.1 Å². The summed E-state index contributed by atoms with van der Waals surface area (Å²) in [7, 11) is 0. The SMILES string of the molecule is CC(CO)C(C)NCC(=O)Nc1ccccc1Br. The number of amides is 1. The van der Waals surface area contributed by atoms with Gasteiger partial charge in [-0.2, -0.15) is 0 Å². The second kappa shape index (κ2) is 7.51. The molecule has 1 rings (SSSR count). The molecule has 18 heavy (non-hydrogen) atoms. The van der Waals surface area contributed by atoms with Crippen molar-refractivity contribution in [1.82, 2.24) is 5.32 Å². The maximum atomic E-state index is 11.7. The molecule has 0 fully saturated rings. The predicted molar refractivity (Wildman–Crippen MR) is 76.5 cm³/mol. The van der Waals surface area contributed by atoms with Gasteiger partial charge in [-0.3, -0.25) is 4.79 Å². The number of benzene rings is 1. The van der Waals surface area contributed by atoms with Crippen LogP contribution in [-0.2, 0) is 4.79 Å². The maximum absolute atomic E-state index is 11.7. The van der Waals surface area contributed by atoms with E-state index in [1.54, 1.807) is 0 Å². The van der Waals surface area contributed by atoms with Crippen molar-refractivity contribution in [3.8, 4) is 0 Å². The molecule has 0 heterocycles. The summed E-state index contributed by atoms with van der Waals surface area (Å²) < 4.78 is 0.857. The molecule has 0 aliphatic rings. The normalized spacial score (nSPS) is 14.0. The minimum atomic E-state index is -0.0983. The molecule has 1 amide bonds. The van der Waals surface area contributed by atoms with Crippen LogP contribution in [0.25, 0.3) is 0 Å². The molecule has 0 saturated heterocycles. The van der Waals surface area contributed by atoms with Crippen molar-refractivity contribution in [2.24, 2.45) is 5.92 Å². The van der Waals surface area contributed by atoms with Crippen LogP contribution in [0, 0.1) is 5.92 Å². The molecule has 0 saturated carbocycles. The number of hydrogen-bond donors (Lipinski definition) is 3. The zero-order valence-corrected chi connectivity index (χ0v) is 12.2. The lowest BCUT2D eigenvalue weighted by Gasteiger charge is -2.19. The van der Waals surface area contributed by atoms with Gasteiger partial charge >= 0.3 is 0 Å². The third-order valence-electron chi connectivity index (χ3n) is 2.87. The summed E-state index contributed by atoms with van der Waals surface area (Å²) in [5, 5.41) is 14.9. The Morgan fingerprint density at radius 2 is 2.06 bits per heavy atom. The minimum Gasteiger partial charge on any atom is -0.396 e. The van der Waals surface area contributed by atoms with E-state index in [1.165, 1.54) is 0 Å². The molecular formula is C13H19BrN2O2. The van der Waals surface area contributed by atoms with Crippen LogP contribution < -0.4 is 10.6 Å². The molecule has 2 atom stereocenters. The van der Waals surface area contributed by atoms with Gasteiger partial charge in [-0.25, -0.2) is 0 Å². The highest BCUT2D eigenvalue weighted by molar-refractivity contribution is 9.10. The monoisotopic (exact) mass is 314 g/mol. The van der Waals surface area contributed by atoms with Crippen molar-refractivity contribution in [3.05, 3.63) is 28.7 Å². The quantitative estimate of drug-likeness (QED) is 0.752. The summed E-state index contributed by atoms with van der Waals surface area (Å²) >= 11 is 3.37. The molecule has 0 aromatic heterocycles. The van der Waals surface area contributed by atoms with Gasteiger partial charge in [0.15, 0.2) is 0 Å². The Labute approximate surface area is 116 Å². The summed E-state index contributed by atoms with van der Waals surface area (Å²) in [6, 6.07) is 7.56. The zero-order chi connectivity index (χ0) is 13.5. The van der Waals surface area contributed by atoms with Crippen LogP contribution in [0.5, 0.6) is 0 Å². The Balaban J connectivity index is 2.41. The van der Waals surface area contributed by atoms with Crippen LogP contribution in [0.2, 0.25) is 0 Å². The van der Waals surface area contributed by atoms with E-state index >= 15 is 0 Å². The molecule has 0 aliphatic carbocycles. The molecule has 100 valence electrons. The molecule has 4 nitrogen and oxygen atoms in total. The number of halogens is 1. The average molecular weight is 315 g/mol. The Morgan fingerprint density at radius 1 is 1.39 bits per heavy atom. The molecule has 5 heteroatoms. The van der Waals surface area contributed by atoms with Gasteiger partial charge in [0.2, 0.25) is 5.91 Å². The van der Waals surface area contributed by atoms with Gasteiger partial charge in [0.05, 0.1) is 12.2 Å². The fourth-order valence-corrected chi connectivity index (χ4v) is 1.75. The molecule has 0 aliphatic heterocycles. The second-order valence-corrected chi connectivity index (χ2v) is 5.21. The van der Waals surface area contributed by atoms with Gasteiger partial charge < -0.3 is 15.7 Å². The fourth-order valence-electron chi connectivity index (χ4n) is 1.37. The Bertz CT molecular complexity index is 398. The first-order valence-electron chi connectivity index (χ1n) is 5.93. The van der Waals surface area contributed by atoms with Crippen molar-refractivity contribution < 1.29 is 9.90 Å². The first-order chi connectivity index (χ1) is 8.54. The Morgan fingerprint density at radius 3 is 2.67 bits per heavy atom. The summed E-state index contributed by atoms with van der Waals surface area (Å²) in [6.45, 7) is 4.23. The number of aliphatic hydroxyl groups is 1. The summed E-state index contributed by atoms with van der Waals surface area (Å²) in [5.74, 6) is 0.0279. The smallest absolute Gasteiger partial charge is 0.238 e. The van der Waals surface area contributed by atoms with E-state index < -0.39 is 0 Å². The van der Waals surface area contributed by atoms with Gasteiger partial charge in [0.1, 0.15) is 0 Å². The fraction of sp³-hybridized carbons (Fsp3) is 0.462. The minimum absolute atomic E-state index is 0.0972. The van der Waals surface area contributed by atoms with E-state index in [9.17, 15) is 4.79 Å². The number of carbonyl (C=O) groups is 1. The van der Waals surface area contributed by atoms with Crippen molar-refractivity contribution >= 4 is 27.5 Å². The highest BCUT2D eigenvalue weighted by atomic mass is 79.9. The van der Waals surface area contributed by atoms with Crippen LogP contribution in [0.3, 0.4) is 0 Å². The van der Waals surface area contributed by atoms with Crippen LogP contribution >= 0.6 is 15.9 Å². The van der Waals surface area contributed by atoms with Crippen LogP contribution in [0.4, 0.5) is 5.69 Å². The van der Waals surface area contributed by atoms with Gasteiger partial charge in [-0.05, 0) is 40.9 Å². The lowest BCUT2D eigenvalue weighted by molar-refractivity contribution is -0.115.